The van der Waals surface area contributed by atoms with Crippen LogP contribution in [0.2, 0.25) is 0 Å². The SMILES string of the molecule is Cn1c(SCC(=O)NC2CCCCCC2)nnc1[C@H]1CCCNC1. The molecule has 0 unspecified atom stereocenters. The Bertz CT molecular complexity index is 533. The standard InChI is InChI=1S/C17H29N5OS/c1-22-16(13-7-6-10-18-11-13)20-21-17(22)24-12-15(23)19-14-8-4-2-3-5-9-14/h13-14,18H,2-12H2,1H3,(H,19,23)/t13-/m0/s1. The van der Waals surface area contributed by atoms with Crippen LogP contribution in [0.1, 0.15) is 63.1 Å². The molecule has 0 bridgehead atoms. The highest BCUT2D eigenvalue weighted by molar-refractivity contribution is 7.99. The summed E-state index contributed by atoms with van der Waals surface area (Å²) in [6, 6.07) is 0.365. The van der Waals surface area contributed by atoms with Gasteiger partial charge < -0.3 is 15.2 Å². The first-order valence-corrected chi connectivity index (χ1v) is 10.2. The van der Waals surface area contributed by atoms with Gasteiger partial charge in [0.05, 0.1) is 5.75 Å². The lowest BCUT2D eigenvalue weighted by atomic mass is 9.99. The topological polar surface area (TPSA) is 71.8 Å². The number of nitrogens with one attached hydrogen (secondary N) is 2. The quantitative estimate of drug-likeness (QED) is 0.629. The molecule has 0 radical (unpaired) electrons. The second-order valence-corrected chi connectivity index (χ2v) is 7.93. The summed E-state index contributed by atoms with van der Waals surface area (Å²) in [5.41, 5.74) is 0. The van der Waals surface area contributed by atoms with Gasteiger partial charge in [0.2, 0.25) is 5.91 Å². The van der Waals surface area contributed by atoms with Crippen molar-refractivity contribution in [2.45, 2.75) is 68.5 Å². The smallest absolute Gasteiger partial charge is 0.230 e. The Hall–Kier alpha value is -1.08. The van der Waals surface area contributed by atoms with E-state index < -0.39 is 0 Å². The maximum atomic E-state index is 12.2. The maximum Gasteiger partial charge on any atom is 0.230 e. The lowest BCUT2D eigenvalue weighted by Crippen LogP contribution is -2.35. The van der Waals surface area contributed by atoms with Gasteiger partial charge >= 0.3 is 0 Å². The fraction of sp³-hybridized carbons (Fsp3) is 0.824. The molecule has 2 fully saturated rings. The Labute approximate surface area is 148 Å². The van der Waals surface area contributed by atoms with E-state index in [0.29, 0.717) is 17.7 Å². The van der Waals surface area contributed by atoms with Crippen molar-refractivity contribution in [3.05, 3.63) is 5.82 Å². The number of carbonyl (C=O) groups is 1. The van der Waals surface area contributed by atoms with E-state index in [2.05, 4.69) is 25.4 Å². The summed E-state index contributed by atoms with van der Waals surface area (Å²) >= 11 is 1.49. The van der Waals surface area contributed by atoms with Gasteiger partial charge in [-0.2, -0.15) is 0 Å². The van der Waals surface area contributed by atoms with E-state index in [4.69, 9.17) is 0 Å². The molecule has 1 atom stereocenters. The van der Waals surface area contributed by atoms with Gasteiger partial charge in [-0.15, -0.1) is 10.2 Å². The van der Waals surface area contributed by atoms with Crippen molar-refractivity contribution in [1.82, 2.24) is 25.4 Å². The Kier molecular flexibility index (Phi) is 6.54. The third-order valence-electron chi connectivity index (χ3n) is 5.08. The minimum absolute atomic E-state index is 0.121. The first-order chi connectivity index (χ1) is 11.7. The van der Waals surface area contributed by atoms with Crippen molar-refractivity contribution >= 4 is 17.7 Å². The lowest BCUT2D eigenvalue weighted by Gasteiger charge is -2.21. The summed E-state index contributed by atoms with van der Waals surface area (Å²) in [6.07, 6.45) is 9.67. The van der Waals surface area contributed by atoms with Gasteiger partial charge in [0.25, 0.3) is 0 Å². The van der Waals surface area contributed by atoms with E-state index in [9.17, 15) is 4.79 Å². The van der Waals surface area contributed by atoms with E-state index in [1.54, 1.807) is 0 Å². The fourth-order valence-electron chi connectivity index (χ4n) is 3.70. The highest BCUT2D eigenvalue weighted by Gasteiger charge is 2.22. The molecule has 2 aliphatic rings. The predicted octanol–water partition coefficient (Wildman–Crippen LogP) is 2.21. The summed E-state index contributed by atoms with van der Waals surface area (Å²) < 4.78 is 2.06. The Balaban J connectivity index is 1.49. The number of piperidine rings is 1. The molecule has 7 heteroatoms. The molecule has 1 saturated heterocycles. The molecule has 3 rings (SSSR count). The number of carbonyl (C=O) groups excluding carboxylic acids is 1. The summed E-state index contributed by atoms with van der Waals surface area (Å²) in [5, 5.41) is 16.1. The van der Waals surface area contributed by atoms with Crippen LogP contribution in [0.5, 0.6) is 0 Å². The third-order valence-corrected chi connectivity index (χ3v) is 6.10. The minimum Gasteiger partial charge on any atom is -0.353 e. The van der Waals surface area contributed by atoms with Crippen LogP contribution in [0.3, 0.4) is 0 Å². The fourth-order valence-corrected chi connectivity index (χ4v) is 4.43. The molecule has 6 nitrogen and oxygen atoms in total. The molecule has 24 heavy (non-hydrogen) atoms. The lowest BCUT2D eigenvalue weighted by molar-refractivity contribution is -0.119. The molecule has 1 aromatic rings. The second kappa shape index (κ2) is 8.85. The van der Waals surface area contributed by atoms with Crippen LogP contribution >= 0.6 is 11.8 Å². The number of aromatic nitrogens is 3. The van der Waals surface area contributed by atoms with Gasteiger partial charge in [-0.1, -0.05) is 37.4 Å². The number of hydrogen-bond acceptors (Lipinski definition) is 5. The van der Waals surface area contributed by atoms with Crippen molar-refractivity contribution in [1.29, 1.82) is 0 Å². The molecule has 1 amide bonds. The van der Waals surface area contributed by atoms with E-state index in [1.165, 1.54) is 43.9 Å². The Morgan fingerprint density at radius 1 is 1.21 bits per heavy atom. The molecule has 1 aliphatic heterocycles. The monoisotopic (exact) mass is 351 g/mol. The van der Waals surface area contributed by atoms with Crippen LogP contribution in [0.4, 0.5) is 0 Å². The minimum atomic E-state index is 0.121. The number of thioether (sulfide) groups is 1. The van der Waals surface area contributed by atoms with Crippen LogP contribution in [-0.4, -0.2) is 45.6 Å². The van der Waals surface area contributed by atoms with Crippen molar-refractivity contribution in [2.75, 3.05) is 18.8 Å². The predicted molar refractivity (Wildman–Crippen MR) is 96.2 cm³/mol. The molecule has 1 aromatic heterocycles. The molecule has 0 aromatic carbocycles. The van der Waals surface area contributed by atoms with E-state index in [-0.39, 0.29) is 5.91 Å². The molecular formula is C17H29N5OS. The van der Waals surface area contributed by atoms with Crippen LogP contribution in [0.15, 0.2) is 5.16 Å². The van der Waals surface area contributed by atoms with Crippen LogP contribution in [0, 0.1) is 0 Å². The van der Waals surface area contributed by atoms with E-state index in [0.717, 1.165) is 43.3 Å². The average Bonchev–Trinajstić information content (AvgIpc) is 2.79. The molecule has 2 heterocycles. The van der Waals surface area contributed by atoms with Crippen molar-refractivity contribution in [3.8, 4) is 0 Å². The van der Waals surface area contributed by atoms with Gasteiger partial charge in [-0.05, 0) is 32.2 Å². The number of amides is 1. The summed E-state index contributed by atoms with van der Waals surface area (Å²) in [7, 11) is 2.01. The molecule has 1 saturated carbocycles. The molecule has 2 N–H and O–H groups in total. The zero-order chi connectivity index (χ0) is 16.8. The molecule has 0 spiro atoms. The van der Waals surface area contributed by atoms with Crippen LogP contribution in [-0.2, 0) is 11.8 Å². The summed E-state index contributed by atoms with van der Waals surface area (Å²) in [5.74, 6) is 2.01. The van der Waals surface area contributed by atoms with Crippen molar-refractivity contribution in [3.63, 3.8) is 0 Å². The summed E-state index contributed by atoms with van der Waals surface area (Å²) in [4.78, 5) is 12.2. The van der Waals surface area contributed by atoms with Gasteiger partial charge in [0.15, 0.2) is 5.16 Å². The zero-order valence-electron chi connectivity index (χ0n) is 14.6. The van der Waals surface area contributed by atoms with Crippen molar-refractivity contribution in [2.24, 2.45) is 7.05 Å². The zero-order valence-corrected chi connectivity index (χ0v) is 15.4. The highest BCUT2D eigenvalue weighted by atomic mass is 32.2. The van der Waals surface area contributed by atoms with Gasteiger partial charge in [-0.25, -0.2) is 0 Å². The largest absolute Gasteiger partial charge is 0.353 e. The van der Waals surface area contributed by atoms with Gasteiger partial charge in [-0.3, -0.25) is 4.79 Å². The second-order valence-electron chi connectivity index (χ2n) is 6.99. The van der Waals surface area contributed by atoms with Crippen LogP contribution < -0.4 is 10.6 Å². The summed E-state index contributed by atoms with van der Waals surface area (Å²) in [6.45, 7) is 2.07. The average molecular weight is 352 g/mol. The van der Waals surface area contributed by atoms with Crippen molar-refractivity contribution < 1.29 is 4.79 Å². The third kappa shape index (κ3) is 4.72. The van der Waals surface area contributed by atoms with Gasteiger partial charge in [0, 0.05) is 25.6 Å². The van der Waals surface area contributed by atoms with E-state index >= 15 is 0 Å². The molecule has 134 valence electrons. The number of rotatable bonds is 5. The molecule has 1 aliphatic carbocycles. The maximum absolute atomic E-state index is 12.2. The van der Waals surface area contributed by atoms with Crippen LogP contribution in [0.25, 0.3) is 0 Å². The first-order valence-electron chi connectivity index (χ1n) is 9.26. The number of hydrogen-bond donors (Lipinski definition) is 2. The molecular weight excluding hydrogens is 322 g/mol. The highest BCUT2D eigenvalue weighted by Crippen LogP contribution is 2.25. The normalized spacial score (nSPS) is 23.0. The first kappa shape index (κ1) is 17.7. The van der Waals surface area contributed by atoms with Gasteiger partial charge in [0.1, 0.15) is 5.82 Å². The number of nitrogens with zero attached hydrogens (tertiary/aromatic N) is 3. The van der Waals surface area contributed by atoms with E-state index in [1.807, 2.05) is 7.05 Å². The Morgan fingerprint density at radius 2 is 2.00 bits per heavy atom. The Morgan fingerprint density at radius 3 is 2.71 bits per heavy atom.